The van der Waals surface area contributed by atoms with Gasteiger partial charge in [-0.05, 0) is 53.6 Å². The Morgan fingerprint density at radius 2 is 2.42 bits per heavy atom. The fraction of sp³-hybridized carbons (Fsp3) is 0.500. The smallest absolute Gasteiger partial charge is 0.0540 e. The van der Waals surface area contributed by atoms with Crippen molar-refractivity contribution in [3.05, 3.63) is 38.3 Å². The number of aromatic nitrogens is 2. The van der Waals surface area contributed by atoms with E-state index in [2.05, 4.69) is 44.7 Å². The van der Waals surface area contributed by atoms with Crippen LogP contribution >= 0.6 is 27.3 Å². The molecule has 0 aromatic carbocycles. The number of aryl methyl sites for hydroxylation is 1. The Morgan fingerprint density at radius 1 is 1.58 bits per heavy atom. The van der Waals surface area contributed by atoms with Crippen molar-refractivity contribution in [2.75, 3.05) is 0 Å². The van der Waals surface area contributed by atoms with E-state index in [0.717, 1.165) is 6.42 Å². The van der Waals surface area contributed by atoms with Crippen LogP contribution in [0, 0.1) is 0 Å². The lowest BCUT2D eigenvalue weighted by Gasteiger charge is -2.27. The summed E-state index contributed by atoms with van der Waals surface area (Å²) in [5.74, 6) is 0. The molecule has 2 heterocycles. The fourth-order valence-corrected chi connectivity index (χ4v) is 4.61. The van der Waals surface area contributed by atoms with Crippen LogP contribution in [0.5, 0.6) is 0 Å². The number of halogens is 1. The summed E-state index contributed by atoms with van der Waals surface area (Å²) >= 11 is 5.42. The molecule has 102 valence electrons. The normalized spacial score (nSPS) is 20.3. The van der Waals surface area contributed by atoms with Crippen LogP contribution < -0.4 is 5.32 Å². The Labute approximate surface area is 126 Å². The molecule has 0 spiro atoms. The van der Waals surface area contributed by atoms with Crippen LogP contribution in [0.4, 0.5) is 0 Å². The number of hydrogen-bond donors (Lipinski definition) is 1. The molecule has 19 heavy (non-hydrogen) atoms. The predicted molar refractivity (Wildman–Crippen MR) is 82.5 cm³/mol. The molecule has 0 saturated heterocycles. The first kappa shape index (κ1) is 13.3. The molecule has 0 aliphatic heterocycles. The zero-order chi connectivity index (χ0) is 13.4. The molecule has 2 unspecified atom stereocenters. The molecular formula is C14H18BrN3S. The minimum atomic E-state index is 0.366. The number of rotatable bonds is 3. The first-order valence-electron chi connectivity index (χ1n) is 6.66. The van der Waals surface area contributed by atoms with Crippen molar-refractivity contribution in [3.63, 3.8) is 0 Å². The van der Waals surface area contributed by atoms with Crippen LogP contribution in [0.15, 0.2) is 22.1 Å². The summed E-state index contributed by atoms with van der Waals surface area (Å²) in [6.45, 7) is 2.24. The molecule has 0 saturated carbocycles. The third-order valence-electron chi connectivity index (χ3n) is 3.86. The monoisotopic (exact) mass is 339 g/mol. The van der Waals surface area contributed by atoms with Gasteiger partial charge in [0.05, 0.1) is 6.20 Å². The zero-order valence-corrected chi connectivity index (χ0v) is 13.6. The van der Waals surface area contributed by atoms with E-state index < -0.39 is 0 Å². The lowest BCUT2D eigenvalue weighted by molar-refractivity contribution is 0.413. The van der Waals surface area contributed by atoms with E-state index in [1.54, 1.807) is 11.3 Å². The lowest BCUT2D eigenvalue weighted by Crippen LogP contribution is -2.27. The highest BCUT2D eigenvalue weighted by Gasteiger charge is 2.25. The van der Waals surface area contributed by atoms with Crippen LogP contribution in [-0.4, -0.2) is 9.78 Å². The van der Waals surface area contributed by atoms with Gasteiger partial charge in [0, 0.05) is 39.7 Å². The summed E-state index contributed by atoms with van der Waals surface area (Å²) in [5.41, 5.74) is 2.77. The van der Waals surface area contributed by atoms with E-state index in [9.17, 15) is 0 Å². The van der Waals surface area contributed by atoms with E-state index in [0.29, 0.717) is 12.1 Å². The molecular weight excluding hydrogens is 322 g/mol. The van der Waals surface area contributed by atoms with Crippen molar-refractivity contribution in [2.24, 2.45) is 7.05 Å². The Bertz CT molecular complexity index is 575. The van der Waals surface area contributed by atoms with E-state index in [1.165, 1.54) is 33.4 Å². The van der Waals surface area contributed by atoms with Crippen LogP contribution in [0.3, 0.4) is 0 Å². The summed E-state index contributed by atoms with van der Waals surface area (Å²) in [7, 11) is 2.04. The molecule has 1 aliphatic carbocycles. The first-order chi connectivity index (χ1) is 9.16. The Balaban J connectivity index is 1.80. The zero-order valence-electron chi connectivity index (χ0n) is 11.2. The minimum absolute atomic E-state index is 0.366. The molecule has 0 bridgehead atoms. The van der Waals surface area contributed by atoms with Gasteiger partial charge in [-0.1, -0.05) is 0 Å². The Kier molecular flexibility index (Phi) is 3.78. The van der Waals surface area contributed by atoms with Crippen LogP contribution in [0.1, 0.15) is 48.0 Å². The highest BCUT2D eigenvalue weighted by atomic mass is 79.9. The van der Waals surface area contributed by atoms with Crippen LogP contribution in [-0.2, 0) is 13.5 Å². The van der Waals surface area contributed by atoms with Crippen LogP contribution in [0.25, 0.3) is 0 Å². The number of nitrogens with zero attached hydrogens (tertiary/aromatic N) is 2. The van der Waals surface area contributed by atoms with E-state index in [1.807, 2.05) is 17.9 Å². The summed E-state index contributed by atoms with van der Waals surface area (Å²) in [6.07, 6.45) is 5.62. The van der Waals surface area contributed by atoms with Gasteiger partial charge in [0.2, 0.25) is 0 Å². The van der Waals surface area contributed by atoms with Gasteiger partial charge in [-0.15, -0.1) is 11.3 Å². The molecule has 2 atom stereocenters. The van der Waals surface area contributed by atoms with E-state index in [-0.39, 0.29) is 0 Å². The number of hydrogen-bond acceptors (Lipinski definition) is 3. The topological polar surface area (TPSA) is 29.9 Å². The fourth-order valence-electron chi connectivity index (χ4n) is 2.87. The molecule has 0 radical (unpaired) electrons. The summed E-state index contributed by atoms with van der Waals surface area (Å²) < 4.78 is 3.23. The maximum atomic E-state index is 4.41. The summed E-state index contributed by atoms with van der Waals surface area (Å²) in [4.78, 5) is 1.37. The van der Waals surface area contributed by atoms with Gasteiger partial charge in [0.25, 0.3) is 0 Å². The van der Waals surface area contributed by atoms with Crippen molar-refractivity contribution in [1.82, 2.24) is 15.1 Å². The van der Waals surface area contributed by atoms with Crippen molar-refractivity contribution in [2.45, 2.75) is 38.3 Å². The molecule has 3 nitrogen and oxygen atoms in total. The standard InChI is InChI=1S/C14H18BrN3S/c1-9(14-11(15)6-7-19-14)17-12-4-3-5-13-10(12)8-16-18(13)2/h6-9,12,17H,3-5H2,1-2H3. The molecule has 2 aromatic heterocycles. The molecule has 2 aromatic rings. The average Bonchev–Trinajstić information content (AvgIpc) is 2.97. The largest absolute Gasteiger partial charge is 0.302 e. The van der Waals surface area contributed by atoms with Crippen molar-refractivity contribution in [1.29, 1.82) is 0 Å². The third kappa shape index (κ3) is 2.51. The molecule has 5 heteroatoms. The van der Waals surface area contributed by atoms with Crippen molar-refractivity contribution < 1.29 is 0 Å². The van der Waals surface area contributed by atoms with E-state index in [4.69, 9.17) is 0 Å². The van der Waals surface area contributed by atoms with Gasteiger partial charge in [-0.25, -0.2) is 0 Å². The second-order valence-electron chi connectivity index (χ2n) is 5.14. The molecule has 0 amide bonds. The first-order valence-corrected chi connectivity index (χ1v) is 8.34. The number of fused-ring (bicyclic) bond motifs is 1. The SMILES string of the molecule is CC(NC1CCCc2c1cnn2C)c1sccc1Br. The summed E-state index contributed by atoms with van der Waals surface area (Å²) in [5, 5.41) is 10.3. The number of nitrogens with one attached hydrogen (secondary N) is 1. The molecule has 1 aliphatic rings. The van der Waals surface area contributed by atoms with Gasteiger partial charge in [-0.2, -0.15) is 5.10 Å². The second-order valence-corrected chi connectivity index (χ2v) is 6.94. The van der Waals surface area contributed by atoms with Crippen molar-refractivity contribution >= 4 is 27.3 Å². The van der Waals surface area contributed by atoms with Gasteiger partial charge < -0.3 is 5.32 Å². The van der Waals surface area contributed by atoms with E-state index >= 15 is 0 Å². The quantitative estimate of drug-likeness (QED) is 0.916. The maximum absolute atomic E-state index is 4.41. The van der Waals surface area contributed by atoms with Gasteiger partial charge >= 0.3 is 0 Å². The third-order valence-corrected chi connectivity index (χ3v) is 5.92. The maximum Gasteiger partial charge on any atom is 0.0540 e. The molecule has 3 rings (SSSR count). The number of thiophene rings is 1. The average molecular weight is 340 g/mol. The highest BCUT2D eigenvalue weighted by molar-refractivity contribution is 9.10. The molecule has 0 fully saturated rings. The second kappa shape index (κ2) is 5.38. The van der Waals surface area contributed by atoms with Gasteiger partial charge in [0.1, 0.15) is 0 Å². The Morgan fingerprint density at radius 3 is 3.16 bits per heavy atom. The highest BCUT2D eigenvalue weighted by Crippen LogP contribution is 2.34. The lowest BCUT2D eigenvalue weighted by atomic mass is 9.92. The van der Waals surface area contributed by atoms with Gasteiger partial charge in [-0.3, -0.25) is 4.68 Å². The Hall–Kier alpha value is -0.650. The molecule has 1 N–H and O–H groups in total. The summed E-state index contributed by atoms with van der Waals surface area (Å²) in [6, 6.07) is 2.92. The van der Waals surface area contributed by atoms with Crippen LogP contribution in [0.2, 0.25) is 0 Å². The van der Waals surface area contributed by atoms with Crippen molar-refractivity contribution in [3.8, 4) is 0 Å². The van der Waals surface area contributed by atoms with Gasteiger partial charge in [0.15, 0.2) is 0 Å². The minimum Gasteiger partial charge on any atom is -0.302 e. The predicted octanol–water partition coefficient (Wildman–Crippen LogP) is 3.97.